The maximum atomic E-state index is 5.71. The van der Waals surface area contributed by atoms with Crippen molar-refractivity contribution in [1.29, 1.82) is 0 Å². The highest BCUT2D eigenvalue weighted by atomic mass is 16.5. The molecule has 1 unspecified atom stereocenters. The van der Waals surface area contributed by atoms with Gasteiger partial charge >= 0.3 is 0 Å². The highest BCUT2D eigenvalue weighted by Crippen LogP contribution is 2.09. The van der Waals surface area contributed by atoms with Crippen LogP contribution in [0.1, 0.15) is 34.1 Å². The topological polar surface area (TPSA) is 54.9 Å². The van der Waals surface area contributed by atoms with Crippen molar-refractivity contribution in [1.82, 2.24) is 10.6 Å². The lowest BCUT2D eigenvalue weighted by atomic mass is 10.0. The zero-order chi connectivity index (χ0) is 14.5. The lowest BCUT2D eigenvalue weighted by Crippen LogP contribution is -2.40. The lowest BCUT2D eigenvalue weighted by Gasteiger charge is -2.21. The molecule has 5 nitrogen and oxygen atoms in total. The predicted octanol–water partition coefficient (Wildman–Crippen LogP) is 1.64. The molecule has 5 heteroatoms. The summed E-state index contributed by atoms with van der Waals surface area (Å²) in [7, 11) is 1.78. The fraction of sp³-hybridized carbons (Fsp3) is 0.929. The third-order valence-electron chi connectivity index (χ3n) is 2.81. The van der Waals surface area contributed by atoms with Crippen LogP contribution in [0.5, 0.6) is 0 Å². The number of hydrogen-bond donors (Lipinski definition) is 2. The number of rotatable bonds is 10. The van der Waals surface area contributed by atoms with Crippen molar-refractivity contribution in [3.8, 4) is 0 Å². The van der Waals surface area contributed by atoms with E-state index in [2.05, 4.69) is 29.5 Å². The molecular weight excluding hydrogens is 242 g/mol. The first-order valence-corrected chi connectivity index (χ1v) is 7.29. The fourth-order valence-electron chi connectivity index (χ4n) is 1.76. The maximum absolute atomic E-state index is 5.71. The van der Waals surface area contributed by atoms with Crippen LogP contribution in [0.2, 0.25) is 0 Å². The Labute approximate surface area is 118 Å². The van der Waals surface area contributed by atoms with Gasteiger partial charge in [-0.15, -0.1) is 0 Å². The Bertz CT molecular complexity index is 233. The van der Waals surface area contributed by atoms with E-state index >= 15 is 0 Å². The number of nitrogens with zero attached hydrogens (tertiary/aromatic N) is 1. The molecule has 0 rings (SSSR count). The maximum Gasteiger partial charge on any atom is 0.191 e. The zero-order valence-corrected chi connectivity index (χ0v) is 13.2. The molecule has 0 aromatic rings. The van der Waals surface area contributed by atoms with E-state index in [1.807, 2.05) is 13.8 Å². The SMILES string of the molecule is CCOCCNC(=NC)NCCC(OCC)C(C)C. The van der Waals surface area contributed by atoms with E-state index in [9.17, 15) is 0 Å². The molecule has 0 heterocycles. The summed E-state index contributed by atoms with van der Waals surface area (Å²) in [6.07, 6.45) is 1.29. The van der Waals surface area contributed by atoms with Gasteiger partial charge in [0.15, 0.2) is 5.96 Å². The van der Waals surface area contributed by atoms with E-state index in [0.717, 1.165) is 38.7 Å². The number of nitrogens with one attached hydrogen (secondary N) is 2. The van der Waals surface area contributed by atoms with Crippen LogP contribution in [0.4, 0.5) is 0 Å². The van der Waals surface area contributed by atoms with E-state index in [0.29, 0.717) is 18.6 Å². The molecule has 0 bridgehead atoms. The third kappa shape index (κ3) is 9.73. The van der Waals surface area contributed by atoms with Crippen LogP contribution in [0.15, 0.2) is 4.99 Å². The Morgan fingerprint density at radius 3 is 2.32 bits per heavy atom. The van der Waals surface area contributed by atoms with Gasteiger partial charge in [-0.05, 0) is 26.2 Å². The highest BCUT2D eigenvalue weighted by molar-refractivity contribution is 5.79. The van der Waals surface area contributed by atoms with Crippen molar-refractivity contribution in [3.63, 3.8) is 0 Å². The van der Waals surface area contributed by atoms with E-state index in [1.54, 1.807) is 7.05 Å². The normalized spacial score (nSPS) is 13.7. The first-order chi connectivity index (χ1) is 9.15. The van der Waals surface area contributed by atoms with Crippen LogP contribution >= 0.6 is 0 Å². The summed E-state index contributed by atoms with van der Waals surface area (Å²) in [5, 5.41) is 6.51. The summed E-state index contributed by atoms with van der Waals surface area (Å²) in [6, 6.07) is 0. The lowest BCUT2D eigenvalue weighted by molar-refractivity contribution is 0.0258. The standard InChI is InChI=1S/C14H31N3O2/c1-6-18-11-10-17-14(15-5)16-9-8-13(12(3)4)19-7-2/h12-13H,6-11H2,1-5H3,(H2,15,16,17). The predicted molar refractivity (Wildman–Crippen MR) is 80.7 cm³/mol. The third-order valence-corrected chi connectivity index (χ3v) is 2.81. The highest BCUT2D eigenvalue weighted by Gasteiger charge is 2.12. The summed E-state index contributed by atoms with van der Waals surface area (Å²) in [4.78, 5) is 4.17. The van der Waals surface area contributed by atoms with Crippen LogP contribution in [-0.2, 0) is 9.47 Å². The minimum absolute atomic E-state index is 0.305. The molecule has 0 aliphatic rings. The first-order valence-electron chi connectivity index (χ1n) is 7.29. The van der Waals surface area contributed by atoms with Gasteiger partial charge in [-0.1, -0.05) is 13.8 Å². The van der Waals surface area contributed by atoms with Crippen molar-refractivity contribution >= 4 is 5.96 Å². The second kappa shape index (κ2) is 12.2. The van der Waals surface area contributed by atoms with Gasteiger partial charge in [0, 0.05) is 33.4 Å². The average molecular weight is 273 g/mol. The number of hydrogen-bond acceptors (Lipinski definition) is 3. The van der Waals surface area contributed by atoms with Crippen molar-refractivity contribution in [2.75, 3.05) is 40.0 Å². The Hall–Kier alpha value is -0.810. The van der Waals surface area contributed by atoms with E-state index in [4.69, 9.17) is 9.47 Å². The molecule has 0 aliphatic heterocycles. The first kappa shape index (κ1) is 18.2. The summed E-state index contributed by atoms with van der Waals surface area (Å²) >= 11 is 0. The molecule has 2 N–H and O–H groups in total. The molecule has 1 atom stereocenters. The van der Waals surface area contributed by atoms with Gasteiger partial charge in [0.2, 0.25) is 0 Å². The minimum atomic E-state index is 0.305. The van der Waals surface area contributed by atoms with Gasteiger partial charge in [-0.25, -0.2) is 0 Å². The molecule has 0 saturated carbocycles. The summed E-state index contributed by atoms with van der Waals surface area (Å²) in [6.45, 7) is 12.3. The molecule has 0 amide bonds. The van der Waals surface area contributed by atoms with E-state index < -0.39 is 0 Å². The Morgan fingerprint density at radius 2 is 1.79 bits per heavy atom. The van der Waals surface area contributed by atoms with Crippen LogP contribution in [0.25, 0.3) is 0 Å². The van der Waals surface area contributed by atoms with Gasteiger partial charge in [0.05, 0.1) is 12.7 Å². The Morgan fingerprint density at radius 1 is 1.11 bits per heavy atom. The zero-order valence-electron chi connectivity index (χ0n) is 13.2. The monoisotopic (exact) mass is 273 g/mol. The molecule has 19 heavy (non-hydrogen) atoms. The van der Waals surface area contributed by atoms with Gasteiger partial charge in [0.25, 0.3) is 0 Å². The van der Waals surface area contributed by atoms with E-state index in [1.165, 1.54) is 0 Å². The molecule has 0 aromatic carbocycles. The van der Waals surface area contributed by atoms with Gasteiger partial charge in [0.1, 0.15) is 0 Å². The second-order valence-corrected chi connectivity index (χ2v) is 4.65. The van der Waals surface area contributed by atoms with Gasteiger partial charge in [-0.2, -0.15) is 0 Å². The molecule has 114 valence electrons. The van der Waals surface area contributed by atoms with Crippen LogP contribution in [-0.4, -0.2) is 52.0 Å². The molecule has 0 radical (unpaired) electrons. The van der Waals surface area contributed by atoms with Gasteiger partial charge in [-0.3, -0.25) is 4.99 Å². The number of ether oxygens (including phenoxy) is 2. The van der Waals surface area contributed by atoms with Crippen molar-refractivity contribution in [2.24, 2.45) is 10.9 Å². The van der Waals surface area contributed by atoms with Gasteiger partial charge < -0.3 is 20.1 Å². The van der Waals surface area contributed by atoms with Crippen LogP contribution < -0.4 is 10.6 Å². The second-order valence-electron chi connectivity index (χ2n) is 4.65. The summed E-state index contributed by atoms with van der Waals surface area (Å²) < 4.78 is 11.0. The quantitative estimate of drug-likeness (QED) is 0.361. The minimum Gasteiger partial charge on any atom is -0.380 e. The molecule has 0 fully saturated rings. The average Bonchev–Trinajstić information content (AvgIpc) is 2.40. The largest absolute Gasteiger partial charge is 0.380 e. The van der Waals surface area contributed by atoms with Crippen molar-refractivity contribution in [2.45, 2.75) is 40.2 Å². The smallest absolute Gasteiger partial charge is 0.191 e. The molecule has 0 aromatic heterocycles. The molecule has 0 saturated heterocycles. The van der Waals surface area contributed by atoms with Crippen molar-refractivity contribution < 1.29 is 9.47 Å². The summed E-state index contributed by atoms with van der Waals surface area (Å²) in [5.74, 6) is 1.35. The van der Waals surface area contributed by atoms with E-state index in [-0.39, 0.29) is 0 Å². The Balaban J connectivity index is 3.81. The summed E-state index contributed by atoms with van der Waals surface area (Å²) in [5.41, 5.74) is 0. The number of aliphatic imine (C=N–C) groups is 1. The molecule has 0 spiro atoms. The van der Waals surface area contributed by atoms with Crippen LogP contribution in [0, 0.1) is 5.92 Å². The van der Waals surface area contributed by atoms with Crippen LogP contribution in [0.3, 0.4) is 0 Å². The Kier molecular flexibility index (Phi) is 11.7. The molecule has 0 aliphatic carbocycles. The number of guanidine groups is 1. The fourth-order valence-corrected chi connectivity index (χ4v) is 1.76. The van der Waals surface area contributed by atoms with Crippen molar-refractivity contribution in [3.05, 3.63) is 0 Å². The molecular formula is C14H31N3O2.